The van der Waals surface area contributed by atoms with Gasteiger partial charge in [-0.2, -0.15) is 0 Å². The fourth-order valence-electron chi connectivity index (χ4n) is 10.9. The van der Waals surface area contributed by atoms with Crippen molar-refractivity contribution in [3.05, 3.63) is 119 Å². The highest BCUT2D eigenvalue weighted by Gasteiger charge is 2.79. The second kappa shape index (κ2) is 19.9. The predicted molar refractivity (Wildman–Crippen MR) is 243 cm³/mol. The Kier molecular flexibility index (Phi) is 14.5. The zero-order valence-corrected chi connectivity index (χ0v) is 39.8. The lowest BCUT2D eigenvalue weighted by Gasteiger charge is -2.67. The summed E-state index contributed by atoms with van der Waals surface area (Å²) in [5, 5.41) is 28.6. The number of nitrogens with one attached hydrogen (secondary N) is 1. The van der Waals surface area contributed by atoms with Crippen molar-refractivity contribution in [3.8, 4) is 0 Å². The van der Waals surface area contributed by atoms with E-state index in [-0.39, 0.29) is 35.1 Å². The second-order valence-electron chi connectivity index (χ2n) is 18.9. The number of hydrogen-bond acceptors (Lipinski definition) is 17. The van der Waals surface area contributed by atoms with E-state index in [1.807, 2.05) is 0 Å². The van der Waals surface area contributed by atoms with E-state index in [9.17, 15) is 43.8 Å². The Bertz CT molecular complexity index is 2560. The zero-order chi connectivity index (χ0) is 50.9. The van der Waals surface area contributed by atoms with E-state index in [4.69, 9.17) is 33.2 Å². The van der Waals surface area contributed by atoms with Crippen molar-refractivity contribution in [2.24, 2.45) is 16.7 Å². The predicted octanol–water partition coefficient (Wildman–Crippen LogP) is 4.24. The van der Waals surface area contributed by atoms with Crippen molar-refractivity contribution in [1.82, 2.24) is 5.32 Å². The first-order valence-electron chi connectivity index (χ1n) is 22.9. The molecule has 11 atom stereocenters. The van der Waals surface area contributed by atoms with Gasteiger partial charge in [-0.1, -0.05) is 80.6 Å². The zero-order valence-electron chi connectivity index (χ0n) is 39.8. The molecule has 1 amide bonds. The molecular formula is C52H57NO17. The third-order valence-corrected chi connectivity index (χ3v) is 14.5. The van der Waals surface area contributed by atoms with Gasteiger partial charge >= 0.3 is 35.8 Å². The number of hydrogen-bond donors (Lipinski definition) is 3. The van der Waals surface area contributed by atoms with E-state index in [0.717, 1.165) is 21.0 Å². The number of ketones is 1. The average Bonchev–Trinajstić information content (AvgIpc) is 3.33. The van der Waals surface area contributed by atoms with Gasteiger partial charge in [0.15, 0.2) is 23.6 Å². The molecule has 2 bridgehead atoms. The van der Waals surface area contributed by atoms with Gasteiger partial charge in [0.1, 0.15) is 30.0 Å². The Labute approximate surface area is 403 Å². The SMILES string of the molecule is COC(=O)CCC(=O)O[C@H]1C[C@H]2OC[C@@]2(OC(C)=O)[C@H]2[C@H](OC(=O)c3ccccc3)[C@]3(O)C[C@H](OC(=O)[C@H](O)[C@@H](NC(=O)c4ccccc4)c4ccccc4)C(C)=C([C@@H](OC(C)=O)C(=O)[C@]12C)C3(C)C. The number of Topliss-reactive ketones (excluding diaryl/α,β-unsaturated/α-hetero) is 1. The van der Waals surface area contributed by atoms with Crippen LogP contribution in [0.5, 0.6) is 0 Å². The molecular weight excluding hydrogens is 911 g/mol. The van der Waals surface area contributed by atoms with Crippen LogP contribution in [0.25, 0.3) is 0 Å². The van der Waals surface area contributed by atoms with Crippen LogP contribution in [0.3, 0.4) is 0 Å². The first-order chi connectivity index (χ1) is 33.1. The lowest BCUT2D eigenvalue weighted by atomic mass is 9.44. The maximum Gasteiger partial charge on any atom is 0.338 e. The average molecular weight is 968 g/mol. The number of fused-ring (bicyclic) bond motifs is 5. The van der Waals surface area contributed by atoms with Gasteiger partial charge in [-0.25, -0.2) is 9.59 Å². The molecule has 4 aliphatic rings. The van der Waals surface area contributed by atoms with Crippen molar-refractivity contribution >= 4 is 47.5 Å². The van der Waals surface area contributed by atoms with Gasteiger partial charge in [0, 0.05) is 37.7 Å². The fourth-order valence-corrected chi connectivity index (χ4v) is 10.9. The van der Waals surface area contributed by atoms with E-state index in [0.29, 0.717) is 5.56 Å². The van der Waals surface area contributed by atoms with E-state index in [1.54, 1.807) is 78.9 Å². The summed E-state index contributed by atoms with van der Waals surface area (Å²) < 4.78 is 41.6. The Hall–Kier alpha value is -6.76. The van der Waals surface area contributed by atoms with Crippen molar-refractivity contribution < 1.29 is 81.7 Å². The molecule has 70 heavy (non-hydrogen) atoms. The summed E-state index contributed by atoms with van der Waals surface area (Å²) in [7, 11) is 1.14. The van der Waals surface area contributed by atoms with Gasteiger partial charge in [0.25, 0.3) is 5.91 Å². The monoisotopic (exact) mass is 967 g/mol. The Balaban J connectivity index is 1.41. The van der Waals surface area contributed by atoms with Gasteiger partial charge in [0.05, 0.1) is 49.5 Å². The number of carbonyl (C=O) groups is 8. The lowest BCUT2D eigenvalue weighted by Crippen LogP contribution is -2.82. The number of aliphatic hydroxyl groups is 2. The third kappa shape index (κ3) is 9.22. The standard InChI is InChI=1S/C52H57NO17/c1-28-34(67-48(62)41(58)40(31-17-11-8-12-18-31)53-46(60)32-19-13-9-14-20-32)26-52(63)45(69-47(61)33-21-15-10-16-22-33)43-50(6,44(59)42(66-29(2)54)39(28)49(52,4)5)35(68-38(57)24-23-37(56)64-7)25-36-51(43,27-65-36)70-30(3)55/h8-22,34-36,40-43,45,58,63H,23-27H2,1-7H3,(H,53,60)/t34-,35-,36+,40-,41+,42+,43-,45-,50+,51-,52+/m0/s1. The number of aliphatic hydroxyl groups excluding tert-OH is 1. The van der Waals surface area contributed by atoms with Crippen molar-refractivity contribution in [2.75, 3.05) is 13.7 Å². The van der Waals surface area contributed by atoms with Crippen molar-refractivity contribution in [2.45, 2.75) is 121 Å². The van der Waals surface area contributed by atoms with Crippen LogP contribution in [-0.4, -0.2) is 119 Å². The Morgan fingerprint density at radius 1 is 0.786 bits per heavy atom. The summed E-state index contributed by atoms with van der Waals surface area (Å²) in [5.74, 6) is -8.97. The lowest BCUT2D eigenvalue weighted by molar-refractivity contribution is -0.346. The maximum atomic E-state index is 16.1. The summed E-state index contributed by atoms with van der Waals surface area (Å²) in [4.78, 5) is 111. The van der Waals surface area contributed by atoms with E-state index >= 15 is 4.79 Å². The van der Waals surface area contributed by atoms with E-state index in [2.05, 4.69) is 5.32 Å². The normalized spacial score (nSPS) is 29.4. The molecule has 18 heteroatoms. The van der Waals surface area contributed by atoms with Crippen molar-refractivity contribution in [1.29, 1.82) is 0 Å². The minimum absolute atomic E-state index is 0.0136. The molecule has 0 spiro atoms. The molecule has 2 saturated carbocycles. The summed E-state index contributed by atoms with van der Waals surface area (Å²) in [5.41, 5.74) is -7.74. The Morgan fingerprint density at radius 2 is 1.37 bits per heavy atom. The molecule has 0 radical (unpaired) electrons. The number of rotatable bonds is 14. The van der Waals surface area contributed by atoms with Crippen LogP contribution in [0.4, 0.5) is 0 Å². The maximum absolute atomic E-state index is 16.1. The number of carbonyl (C=O) groups excluding carboxylic acids is 8. The van der Waals surface area contributed by atoms with Gasteiger partial charge < -0.3 is 48.7 Å². The summed E-state index contributed by atoms with van der Waals surface area (Å²) in [6.07, 6.45) is -12.0. The first kappa shape index (κ1) is 51.1. The molecule has 0 aromatic heterocycles. The molecule has 18 nitrogen and oxygen atoms in total. The van der Waals surface area contributed by atoms with Crippen LogP contribution < -0.4 is 5.32 Å². The molecule has 7 rings (SSSR count). The largest absolute Gasteiger partial charge is 0.469 e. The second-order valence-corrected chi connectivity index (χ2v) is 18.9. The molecule has 3 aliphatic carbocycles. The Morgan fingerprint density at radius 3 is 1.93 bits per heavy atom. The van der Waals surface area contributed by atoms with Gasteiger partial charge in [-0.3, -0.25) is 28.8 Å². The van der Waals surface area contributed by atoms with E-state index < -0.39 is 138 Å². The highest BCUT2D eigenvalue weighted by molar-refractivity contribution is 5.96. The highest BCUT2D eigenvalue weighted by atomic mass is 16.6. The van der Waals surface area contributed by atoms with Crippen LogP contribution in [-0.2, 0) is 61.9 Å². The molecule has 1 saturated heterocycles. The number of benzene rings is 3. The molecule has 3 aromatic carbocycles. The van der Waals surface area contributed by atoms with Gasteiger partial charge in [0.2, 0.25) is 0 Å². The summed E-state index contributed by atoms with van der Waals surface area (Å²) in [6.45, 7) is 7.70. The molecule has 0 unspecified atom stereocenters. The minimum Gasteiger partial charge on any atom is -0.469 e. The molecule has 1 aliphatic heterocycles. The number of esters is 6. The highest BCUT2D eigenvalue weighted by Crippen LogP contribution is 2.65. The van der Waals surface area contributed by atoms with Gasteiger partial charge in [-0.05, 0) is 54.8 Å². The van der Waals surface area contributed by atoms with Crippen LogP contribution in [0.2, 0.25) is 0 Å². The smallest absolute Gasteiger partial charge is 0.338 e. The van der Waals surface area contributed by atoms with Crippen molar-refractivity contribution in [3.63, 3.8) is 0 Å². The molecule has 1 heterocycles. The molecule has 3 fully saturated rings. The molecule has 372 valence electrons. The van der Waals surface area contributed by atoms with Crippen LogP contribution in [0.1, 0.15) is 99.5 Å². The van der Waals surface area contributed by atoms with Crippen LogP contribution in [0, 0.1) is 16.7 Å². The number of methoxy groups -OCH3 is 1. The summed E-state index contributed by atoms with van der Waals surface area (Å²) in [6, 6.07) is 22.6. The fraction of sp³-hybridized carbons (Fsp3) is 0.462. The first-order valence-corrected chi connectivity index (χ1v) is 22.9. The van der Waals surface area contributed by atoms with E-state index in [1.165, 1.54) is 39.8 Å². The third-order valence-electron chi connectivity index (χ3n) is 14.5. The number of ether oxygens (including phenoxy) is 7. The van der Waals surface area contributed by atoms with Crippen LogP contribution >= 0.6 is 0 Å². The van der Waals surface area contributed by atoms with Gasteiger partial charge in [-0.15, -0.1) is 0 Å². The number of amides is 1. The summed E-state index contributed by atoms with van der Waals surface area (Å²) >= 11 is 0. The quantitative estimate of drug-likeness (QED) is 0.116. The van der Waals surface area contributed by atoms with Crippen LogP contribution in [0.15, 0.2) is 102 Å². The molecule has 3 aromatic rings. The molecule has 3 N–H and O–H groups in total. The topological polar surface area (TPSA) is 254 Å². The minimum atomic E-state index is -2.50.